The average molecular weight is 349 g/mol. The van der Waals surface area contributed by atoms with E-state index in [9.17, 15) is 24.5 Å². The van der Waals surface area contributed by atoms with Crippen LogP contribution in [-0.2, 0) is 9.59 Å². The van der Waals surface area contributed by atoms with Crippen LogP contribution in [0.15, 0.2) is 24.3 Å². The van der Waals surface area contributed by atoms with Gasteiger partial charge in [-0.3, -0.25) is 24.5 Å². The second kappa shape index (κ2) is 8.22. The molecule has 1 aromatic carbocycles. The highest BCUT2D eigenvalue weighted by Crippen LogP contribution is 2.17. The third-order valence-corrected chi connectivity index (χ3v) is 4.16. The molecule has 0 bridgehead atoms. The zero-order chi connectivity index (χ0) is 18.4. The lowest BCUT2D eigenvalue weighted by Crippen LogP contribution is -2.41. The van der Waals surface area contributed by atoms with Crippen molar-refractivity contribution in [3.63, 3.8) is 0 Å². The summed E-state index contributed by atoms with van der Waals surface area (Å²) in [5.41, 5.74) is 0.178. The molecule has 134 valence electrons. The predicted octanol–water partition coefficient (Wildman–Crippen LogP) is 1.04. The molecule has 0 radical (unpaired) electrons. The molecule has 2 N–H and O–H groups in total. The van der Waals surface area contributed by atoms with Gasteiger partial charge in [0.2, 0.25) is 5.91 Å². The fourth-order valence-corrected chi connectivity index (χ4v) is 2.65. The van der Waals surface area contributed by atoms with E-state index >= 15 is 0 Å². The number of carboxylic acids is 1. The van der Waals surface area contributed by atoms with E-state index in [4.69, 9.17) is 5.11 Å². The summed E-state index contributed by atoms with van der Waals surface area (Å²) in [7, 11) is 0. The molecule has 0 unspecified atom stereocenters. The number of aliphatic carboxylic acids is 1. The number of piperidine rings is 1. The second-order valence-corrected chi connectivity index (χ2v) is 5.80. The number of likely N-dealkylation sites (tertiary alicyclic amines) is 1. The molecule has 1 aromatic rings. The Kier molecular flexibility index (Phi) is 6.04. The van der Waals surface area contributed by atoms with Gasteiger partial charge in [0.1, 0.15) is 0 Å². The molecule has 1 aliphatic heterocycles. The number of hydrogen-bond acceptors (Lipinski definition) is 5. The Bertz CT molecular complexity index is 665. The van der Waals surface area contributed by atoms with E-state index in [1.807, 2.05) is 0 Å². The first-order valence-electron chi connectivity index (χ1n) is 7.91. The largest absolute Gasteiger partial charge is 0.481 e. The van der Waals surface area contributed by atoms with Gasteiger partial charge in [-0.05, 0) is 25.0 Å². The van der Waals surface area contributed by atoms with Crippen molar-refractivity contribution >= 4 is 23.5 Å². The van der Waals surface area contributed by atoms with Crippen LogP contribution in [0.4, 0.5) is 5.69 Å². The van der Waals surface area contributed by atoms with Crippen LogP contribution < -0.4 is 5.32 Å². The minimum atomic E-state index is -0.831. The molecule has 0 saturated carbocycles. The summed E-state index contributed by atoms with van der Waals surface area (Å²) in [5, 5.41) is 22.1. The maximum atomic E-state index is 12.1. The van der Waals surface area contributed by atoms with Crippen LogP contribution in [-0.4, -0.2) is 52.3 Å². The first-order chi connectivity index (χ1) is 11.9. The number of nitro benzene ring substituents is 1. The van der Waals surface area contributed by atoms with Gasteiger partial charge in [-0.25, -0.2) is 0 Å². The molecule has 2 amide bonds. The molecule has 0 aromatic heterocycles. The van der Waals surface area contributed by atoms with Crippen molar-refractivity contribution in [1.82, 2.24) is 10.2 Å². The summed E-state index contributed by atoms with van der Waals surface area (Å²) < 4.78 is 0. The van der Waals surface area contributed by atoms with E-state index in [1.165, 1.54) is 24.3 Å². The van der Waals surface area contributed by atoms with E-state index < -0.39 is 22.7 Å². The maximum Gasteiger partial charge on any atom is 0.306 e. The van der Waals surface area contributed by atoms with Gasteiger partial charge in [0.05, 0.1) is 10.8 Å². The van der Waals surface area contributed by atoms with Crippen LogP contribution in [0.3, 0.4) is 0 Å². The molecule has 1 heterocycles. The van der Waals surface area contributed by atoms with Gasteiger partial charge < -0.3 is 15.3 Å². The SMILES string of the molecule is O=C(NCCC(=O)N1CCC(C(=O)O)CC1)c1ccc([N+](=O)[O-])cc1. The first-order valence-corrected chi connectivity index (χ1v) is 7.91. The number of hydrogen-bond donors (Lipinski definition) is 2. The first kappa shape index (κ1) is 18.4. The van der Waals surface area contributed by atoms with Gasteiger partial charge in [-0.1, -0.05) is 0 Å². The normalized spacial score (nSPS) is 14.8. The Labute approximate surface area is 143 Å². The summed E-state index contributed by atoms with van der Waals surface area (Å²) in [6.45, 7) is 0.964. The predicted molar refractivity (Wildman–Crippen MR) is 87.0 cm³/mol. The van der Waals surface area contributed by atoms with Crippen molar-refractivity contribution < 1.29 is 24.4 Å². The van der Waals surface area contributed by atoms with Crippen molar-refractivity contribution in [3.8, 4) is 0 Å². The van der Waals surface area contributed by atoms with Crippen molar-refractivity contribution in [2.75, 3.05) is 19.6 Å². The number of carbonyl (C=O) groups excluding carboxylic acids is 2. The number of nitrogens with zero attached hydrogens (tertiary/aromatic N) is 2. The number of benzene rings is 1. The fourth-order valence-electron chi connectivity index (χ4n) is 2.65. The van der Waals surface area contributed by atoms with Crippen molar-refractivity contribution in [3.05, 3.63) is 39.9 Å². The van der Waals surface area contributed by atoms with Gasteiger partial charge in [0, 0.05) is 43.8 Å². The van der Waals surface area contributed by atoms with E-state index in [0.29, 0.717) is 25.9 Å². The van der Waals surface area contributed by atoms with Crippen LogP contribution in [0, 0.1) is 16.0 Å². The number of rotatable bonds is 6. The van der Waals surface area contributed by atoms with E-state index in [1.54, 1.807) is 4.90 Å². The van der Waals surface area contributed by atoms with Crippen LogP contribution in [0.25, 0.3) is 0 Å². The smallest absolute Gasteiger partial charge is 0.306 e. The van der Waals surface area contributed by atoms with Gasteiger partial charge in [0.15, 0.2) is 0 Å². The second-order valence-electron chi connectivity index (χ2n) is 5.80. The van der Waals surface area contributed by atoms with Gasteiger partial charge in [-0.15, -0.1) is 0 Å². The quantitative estimate of drug-likeness (QED) is 0.583. The van der Waals surface area contributed by atoms with E-state index in [0.717, 1.165) is 0 Å². The Morgan fingerprint density at radius 1 is 1.20 bits per heavy atom. The molecule has 2 rings (SSSR count). The molecule has 9 nitrogen and oxygen atoms in total. The summed E-state index contributed by atoms with van der Waals surface area (Å²) >= 11 is 0. The van der Waals surface area contributed by atoms with Crippen LogP contribution in [0.2, 0.25) is 0 Å². The molecule has 0 atom stereocenters. The number of amides is 2. The summed E-state index contributed by atoms with van der Waals surface area (Å²) in [5.74, 6) is -1.77. The Morgan fingerprint density at radius 3 is 2.32 bits per heavy atom. The Morgan fingerprint density at radius 2 is 1.80 bits per heavy atom. The highest BCUT2D eigenvalue weighted by Gasteiger charge is 2.26. The van der Waals surface area contributed by atoms with Crippen molar-refractivity contribution in [1.29, 1.82) is 0 Å². The maximum absolute atomic E-state index is 12.1. The zero-order valence-electron chi connectivity index (χ0n) is 13.5. The zero-order valence-corrected chi connectivity index (χ0v) is 13.5. The lowest BCUT2D eigenvalue weighted by molar-refractivity contribution is -0.384. The molecular formula is C16H19N3O6. The fraction of sp³-hybridized carbons (Fsp3) is 0.438. The third kappa shape index (κ3) is 5.00. The minimum absolute atomic E-state index is 0.100. The van der Waals surface area contributed by atoms with Crippen molar-refractivity contribution in [2.45, 2.75) is 19.3 Å². The summed E-state index contributed by atoms with van der Waals surface area (Å²) in [4.78, 5) is 46.5. The number of carbonyl (C=O) groups is 3. The lowest BCUT2D eigenvalue weighted by Gasteiger charge is -2.30. The third-order valence-electron chi connectivity index (χ3n) is 4.16. The van der Waals surface area contributed by atoms with Crippen LogP contribution in [0.5, 0.6) is 0 Å². The minimum Gasteiger partial charge on any atom is -0.481 e. The molecule has 9 heteroatoms. The standard InChI is InChI=1S/C16H19N3O6/c20-14(18-9-6-12(7-10-18)16(22)23)5-8-17-15(21)11-1-3-13(4-2-11)19(24)25/h1-4,12H,5-10H2,(H,17,21)(H,22,23). The number of non-ortho nitro benzene ring substituents is 1. The lowest BCUT2D eigenvalue weighted by atomic mass is 9.97. The molecule has 0 spiro atoms. The van der Waals surface area contributed by atoms with Crippen LogP contribution in [0.1, 0.15) is 29.6 Å². The molecule has 1 fully saturated rings. The van der Waals surface area contributed by atoms with Gasteiger partial charge in [-0.2, -0.15) is 0 Å². The van der Waals surface area contributed by atoms with Gasteiger partial charge in [0.25, 0.3) is 11.6 Å². The van der Waals surface area contributed by atoms with Gasteiger partial charge >= 0.3 is 5.97 Å². The molecule has 0 aliphatic carbocycles. The molecule has 1 saturated heterocycles. The Balaban J connectivity index is 1.74. The highest BCUT2D eigenvalue weighted by molar-refractivity contribution is 5.94. The molecular weight excluding hydrogens is 330 g/mol. The summed E-state index contributed by atoms with van der Waals surface area (Å²) in [6, 6.07) is 5.19. The monoisotopic (exact) mass is 349 g/mol. The van der Waals surface area contributed by atoms with Crippen LogP contribution >= 0.6 is 0 Å². The van der Waals surface area contributed by atoms with E-state index in [-0.39, 0.29) is 30.1 Å². The number of nitrogens with one attached hydrogen (secondary N) is 1. The topological polar surface area (TPSA) is 130 Å². The molecule has 1 aliphatic rings. The van der Waals surface area contributed by atoms with Crippen molar-refractivity contribution in [2.24, 2.45) is 5.92 Å². The Hall–Kier alpha value is -2.97. The van der Waals surface area contributed by atoms with E-state index in [2.05, 4.69) is 5.32 Å². The number of nitro groups is 1. The summed E-state index contributed by atoms with van der Waals surface area (Å²) in [6.07, 6.45) is 1.00. The number of carboxylic acid groups (broad SMARTS) is 1. The average Bonchev–Trinajstić information content (AvgIpc) is 2.61. The highest BCUT2D eigenvalue weighted by atomic mass is 16.6. The molecule has 25 heavy (non-hydrogen) atoms.